The first kappa shape index (κ1) is 14.6. The first-order valence-electron chi connectivity index (χ1n) is 6.15. The van der Waals surface area contributed by atoms with Crippen LogP contribution in [0.25, 0.3) is 0 Å². The molecule has 0 bridgehead atoms. The van der Waals surface area contributed by atoms with E-state index in [4.69, 9.17) is 5.11 Å². The van der Waals surface area contributed by atoms with Crippen LogP contribution >= 0.6 is 0 Å². The zero-order chi connectivity index (χ0) is 15.7. The van der Waals surface area contributed by atoms with Gasteiger partial charge in [0.25, 0.3) is 0 Å². The Morgan fingerprint density at radius 2 is 1.81 bits per heavy atom. The third kappa shape index (κ3) is 2.47. The van der Waals surface area contributed by atoms with Crippen molar-refractivity contribution in [3.8, 4) is 5.75 Å². The minimum atomic E-state index is -1.21. The maximum absolute atomic E-state index is 12.2. The van der Waals surface area contributed by atoms with Crippen LogP contribution in [0.5, 0.6) is 5.75 Å². The molecule has 0 aliphatic carbocycles. The Morgan fingerprint density at radius 1 is 1.19 bits per heavy atom. The van der Waals surface area contributed by atoms with Gasteiger partial charge < -0.3 is 15.1 Å². The second-order valence-corrected chi connectivity index (χ2v) is 4.69. The van der Waals surface area contributed by atoms with Gasteiger partial charge in [0.05, 0.1) is 0 Å². The van der Waals surface area contributed by atoms with Crippen molar-refractivity contribution in [2.24, 2.45) is 0 Å². The van der Waals surface area contributed by atoms with Crippen molar-refractivity contribution in [1.29, 1.82) is 0 Å². The van der Waals surface area contributed by atoms with Crippen molar-refractivity contribution >= 4 is 18.0 Å². The fraction of sp³-hybridized carbons (Fsp3) is 0.308. The molecule has 4 amide bonds. The summed E-state index contributed by atoms with van der Waals surface area (Å²) in [5, 5.41) is 18.9. The first-order valence-corrected chi connectivity index (χ1v) is 6.15. The summed E-state index contributed by atoms with van der Waals surface area (Å²) in [4.78, 5) is 38.3. The van der Waals surface area contributed by atoms with E-state index in [2.05, 4.69) is 0 Å². The molecule has 8 heteroatoms. The van der Waals surface area contributed by atoms with Crippen LogP contribution in [-0.4, -0.2) is 63.6 Å². The highest BCUT2D eigenvalue weighted by molar-refractivity contribution is 5.97. The van der Waals surface area contributed by atoms with Gasteiger partial charge in [0.15, 0.2) is 0 Å². The zero-order valence-corrected chi connectivity index (χ0v) is 11.6. The molecule has 1 aromatic carbocycles. The molecule has 1 saturated heterocycles. The predicted octanol–water partition coefficient (Wildman–Crippen LogP) is 0.895. The number of rotatable bonds is 3. The lowest BCUT2D eigenvalue weighted by Gasteiger charge is -2.44. The number of carboxylic acid groups (broad SMARTS) is 1. The fourth-order valence-electron chi connectivity index (χ4n) is 2.31. The molecule has 0 spiro atoms. The Bertz CT molecular complexity index is 603. The van der Waals surface area contributed by atoms with Gasteiger partial charge >= 0.3 is 18.0 Å². The van der Waals surface area contributed by atoms with Gasteiger partial charge in [-0.05, 0) is 6.07 Å². The number of carbonyl (C=O) groups is 3. The standard InChI is InChI=1S/C13H15N3O5/c1-14-11(8-5-3-4-6-9(8)17)16(7-10(18)19)13(21)15(2)12(14)20/h3-6,11,17H,7H2,1-2H3,(H,18,19). The summed E-state index contributed by atoms with van der Waals surface area (Å²) in [5.74, 6) is -1.32. The van der Waals surface area contributed by atoms with Gasteiger partial charge in [-0.3, -0.25) is 9.69 Å². The molecule has 1 aromatic rings. The van der Waals surface area contributed by atoms with Crippen molar-refractivity contribution in [3.05, 3.63) is 29.8 Å². The average molecular weight is 293 g/mol. The topological polar surface area (TPSA) is 101 Å². The number of carbonyl (C=O) groups excluding carboxylic acids is 2. The lowest BCUT2D eigenvalue weighted by atomic mass is 10.1. The Hall–Kier alpha value is -2.77. The van der Waals surface area contributed by atoms with Crippen LogP contribution < -0.4 is 0 Å². The highest BCUT2D eigenvalue weighted by Crippen LogP contribution is 2.34. The van der Waals surface area contributed by atoms with E-state index in [-0.39, 0.29) is 11.3 Å². The Balaban J connectivity index is 2.51. The second-order valence-electron chi connectivity index (χ2n) is 4.69. The van der Waals surface area contributed by atoms with Crippen LogP contribution in [0, 0.1) is 0 Å². The first-order chi connectivity index (χ1) is 9.84. The van der Waals surface area contributed by atoms with Gasteiger partial charge in [-0.2, -0.15) is 0 Å². The number of aliphatic carboxylic acids is 1. The van der Waals surface area contributed by atoms with Crippen molar-refractivity contribution in [3.63, 3.8) is 0 Å². The Labute approximate surface area is 120 Å². The molecule has 1 aliphatic rings. The average Bonchev–Trinajstić information content (AvgIpc) is 2.44. The highest BCUT2D eigenvalue weighted by atomic mass is 16.4. The number of hydrogen-bond acceptors (Lipinski definition) is 4. The van der Waals surface area contributed by atoms with Crippen molar-refractivity contribution in [1.82, 2.24) is 14.7 Å². The molecule has 21 heavy (non-hydrogen) atoms. The van der Waals surface area contributed by atoms with E-state index in [0.29, 0.717) is 0 Å². The molecule has 0 aromatic heterocycles. The molecule has 0 radical (unpaired) electrons. The summed E-state index contributed by atoms with van der Waals surface area (Å²) in [7, 11) is 2.72. The number of phenolic OH excluding ortho intramolecular Hbond substituents is 1. The summed E-state index contributed by atoms with van der Waals surface area (Å²) in [6, 6.07) is 4.88. The molecule has 0 saturated carbocycles. The number of amides is 4. The normalized spacial score (nSPS) is 19.1. The van der Waals surface area contributed by atoms with E-state index in [0.717, 1.165) is 9.80 Å². The Kier molecular flexibility index (Phi) is 3.70. The molecular weight excluding hydrogens is 278 g/mol. The van der Waals surface area contributed by atoms with Crippen molar-refractivity contribution < 1.29 is 24.6 Å². The molecule has 2 N–H and O–H groups in total. The number of carboxylic acids is 1. The van der Waals surface area contributed by atoms with E-state index in [9.17, 15) is 19.5 Å². The summed E-state index contributed by atoms with van der Waals surface area (Å²) in [6.45, 7) is -0.584. The molecule has 1 atom stereocenters. The summed E-state index contributed by atoms with van der Waals surface area (Å²) < 4.78 is 0. The van der Waals surface area contributed by atoms with Crippen LogP contribution in [0.15, 0.2) is 24.3 Å². The largest absolute Gasteiger partial charge is 0.508 e. The third-order valence-corrected chi connectivity index (χ3v) is 3.30. The molecular formula is C13H15N3O5. The molecule has 1 aliphatic heterocycles. The van der Waals surface area contributed by atoms with Gasteiger partial charge in [0.2, 0.25) is 0 Å². The van der Waals surface area contributed by atoms with Gasteiger partial charge in [0.1, 0.15) is 18.5 Å². The lowest BCUT2D eigenvalue weighted by molar-refractivity contribution is -0.139. The summed E-state index contributed by atoms with van der Waals surface area (Å²) >= 11 is 0. The Morgan fingerprint density at radius 3 is 2.38 bits per heavy atom. The van der Waals surface area contributed by atoms with Crippen LogP contribution in [0.1, 0.15) is 11.7 Å². The number of nitrogens with zero attached hydrogens (tertiary/aromatic N) is 3. The lowest BCUT2D eigenvalue weighted by Crippen LogP contribution is -2.60. The number of aromatic hydroxyl groups is 1. The van der Waals surface area contributed by atoms with E-state index < -0.39 is 30.7 Å². The number of hydrogen-bond donors (Lipinski definition) is 2. The van der Waals surface area contributed by atoms with E-state index >= 15 is 0 Å². The number of para-hydroxylation sites is 1. The quantitative estimate of drug-likeness (QED) is 0.862. The number of phenols is 1. The monoisotopic (exact) mass is 293 g/mol. The van der Waals surface area contributed by atoms with Gasteiger partial charge in [-0.15, -0.1) is 0 Å². The van der Waals surface area contributed by atoms with Gasteiger partial charge in [0, 0.05) is 19.7 Å². The van der Waals surface area contributed by atoms with Crippen LogP contribution in [0.2, 0.25) is 0 Å². The highest BCUT2D eigenvalue weighted by Gasteiger charge is 2.43. The fourth-order valence-corrected chi connectivity index (χ4v) is 2.31. The minimum Gasteiger partial charge on any atom is -0.508 e. The van der Waals surface area contributed by atoms with Gasteiger partial charge in [-0.25, -0.2) is 14.5 Å². The molecule has 1 unspecified atom stereocenters. The van der Waals surface area contributed by atoms with Crippen LogP contribution in [0.3, 0.4) is 0 Å². The predicted molar refractivity (Wildman–Crippen MR) is 71.5 cm³/mol. The third-order valence-electron chi connectivity index (χ3n) is 3.30. The molecule has 8 nitrogen and oxygen atoms in total. The summed E-state index contributed by atoms with van der Waals surface area (Å²) in [5.41, 5.74) is 0.288. The molecule has 1 fully saturated rings. The maximum atomic E-state index is 12.2. The molecule has 112 valence electrons. The number of urea groups is 2. The van der Waals surface area contributed by atoms with Crippen LogP contribution in [0.4, 0.5) is 9.59 Å². The van der Waals surface area contributed by atoms with Crippen molar-refractivity contribution in [2.75, 3.05) is 20.6 Å². The SMILES string of the molecule is CN1C(=O)N(C)C(c2ccccc2O)N(CC(=O)O)C1=O. The number of imide groups is 1. The molecule has 1 heterocycles. The van der Waals surface area contributed by atoms with E-state index in [1.807, 2.05) is 0 Å². The maximum Gasteiger partial charge on any atom is 0.330 e. The van der Waals surface area contributed by atoms with E-state index in [1.165, 1.54) is 31.1 Å². The zero-order valence-electron chi connectivity index (χ0n) is 11.6. The summed E-state index contributed by atoms with van der Waals surface area (Å²) in [6.07, 6.45) is -0.974. The van der Waals surface area contributed by atoms with Crippen molar-refractivity contribution in [2.45, 2.75) is 6.17 Å². The number of benzene rings is 1. The minimum absolute atomic E-state index is 0.116. The van der Waals surface area contributed by atoms with E-state index in [1.54, 1.807) is 12.1 Å². The smallest absolute Gasteiger partial charge is 0.330 e. The molecule has 2 rings (SSSR count). The van der Waals surface area contributed by atoms with Gasteiger partial charge in [-0.1, -0.05) is 18.2 Å². The second kappa shape index (κ2) is 5.31. The van der Waals surface area contributed by atoms with Crippen LogP contribution in [-0.2, 0) is 4.79 Å².